The molecule has 0 aliphatic heterocycles. The zero-order valence-corrected chi connectivity index (χ0v) is 8.92. The van der Waals surface area contributed by atoms with E-state index in [9.17, 15) is 0 Å². The van der Waals surface area contributed by atoms with E-state index in [1.807, 2.05) is 12.3 Å². The Morgan fingerprint density at radius 2 is 2.29 bits per heavy atom. The summed E-state index contributed by atoms with van der Waals surface area (Å²) in [6, 6.07) is 3.98. The quantitative estimate of drug-likeness (QED) is 0.805. The van der Waals surface area contributed by atoms with Crippen LogP contribution in [0.5, 0.6) is 0 Å². The molecule has 2 aromatic heterocycles. The van der Waals surface area contributed by atoms with Gasteiger partial charge in [0.1, 0.15) is 5.01 Å². The smallest absolute Gasteiger partial charge is 0.234 e. The minimum absolute atomic E-state index is 0.344. The van der Waals surface area contributed by atoms with Crippen molar-refractivity contribution in [1.82, 2.24) is 14.3 Å². The number of aromatic nitrogens is 3. The van der Waals surface area contributed by atoms with E-state index in [1.165, 1.54) is 17.1 Å². The molecule has 0 amide bonds. The fourth-order valence-electron chi connectivity index (χ4n) is 1.13. The van der Waals surface area contributed by atoms with E-state index in [-0.39, 0.29) is 0 Å². The summed E-state index contributed by atoms with van der Waals surface area (Å²) in [6.07, 6.45) is 5.43. The number of aryl methyl sites for hydroxylation is 2. The molecule has 5 heteroatoms. The maximum absolute atomic E-state index is 5.62. The zero-order chi connectivity index (χ0) is 9.80. The van der Waals surface area contributed by atoms with Crippen LogP contribution in [0.15, 0.2) is 24.5 Å². The van der Waals surface area contributed by atoms with Crippen molar-refractivity contribution in [3.05, 3.63) is 40.4 Å². The predicted molar refractivity (Wildman–Crippen MR) is 56.6 cm³/mol. The lowest BCUT2D eigenvalue weighted by atomic mass is 10.2. The first-order valence-corrected chi connectivity index (χ1v) is 5.37. The third-order valence-electron chi connectivity index (χ3n) is 1.79. The number of hydrogen-bond donors (Lipinski definition) is 0. The van der Waals surface area contributed by atoms with E-state index < -0.39 is 0 Å². The molecule has 0 N–H and O–H groups in total. The highest BCUT2D eigenvalue weighted by Crippen LogP contribution is 2.11. The molecule has 0 atom stereocenters. The third kappa shape index (κ3) is 2.49. The molecular formula is C9H8ClN3S. The van der Waals surface area contributed by atoms with Gasteiger partial charge in [0.2, 0.25) is 5.28 Å². The van der Waals surface area contributed by atoms with Crippen molar-refractivity contribution in [3.63, 3.8) is 0 Å². The van der Waals surface area contributed by atoms with Crippen molar-refractivity contribution in [1.29, 1.82) is 0 Å². The van der Waals surface area contributed by atoms with E-state index in [2.05, 4.69) is 20.4 Å². The van der Waals surface area contributed by atoms with Gasteiger partial charge >= 0.3 is 0 Å². The Labute approximate surface area is 91.0 Å². The van der Waals surface area contributed by atoms with E-state index in [0.717, 1.165) is 17.8 Å². The van der Waals surface area contributed by atoms with Gasteiger partial charge in [0, 0.05) is 18.8 Å². The van der Waals surface area contributed by atoms with Gasteiger partial charge in [0.15, 0.2) is 0 Å². The van der Waals surface area contributed by atoms with Gasteiger partial charge in [-0.2, -0.15) is 4.37 Å². The van der Waals surface area contributed by atoms with Gasteiger partial charge in [0.25, 0.3) is 0 Å². The summed E-state index contributed by atoms with van der Waals surface area (Å²) in [7, 11) is 0. The van der Waals surface area contributed by atoms with Crippen LogP contribution in [0.4, 0.5) is 0 Å². The van der Waals surface area contributed by atoms with E-state index in [1.54, 1.807) is 6.20 Å². The maximum Gasteiger partial charge on any atom is 0.234 e. The van der Waals surface area contributed by atoms with Gasteiger partial charge in [0.05, 0.1) is 0 Å². The molecule has 72 valence electrons. The van der Waals surface area contributed by atoms with Crippen LogP contribution in [-0.2, 0) is 12.8 Å². The molecule has 0 aliphatic carbocycles. The molecule has 0 unspecified atom stereocenters. The van der Waals surface area contributed by atoms with Gasteiger partial charge in [-0.3, -0.25) is 4.98 Å². The lowest BCUT2D eigenvalue weighted by Gasteiger charge is -1.96. The summed E-state index contributed by atoms with van der Waals surface area (Å²) in [5.74, 6) is 0. The average Bonchev–Trinajstić information content (AvgIpc) is 2.63. The Morgan fingerprint density at radius 1 is 1.36 bits per heavy atom. The highest BCUT2D eigenvalue weighted by molar-refractivity contribution is 7.05. The normalized spacial score (nSPS) is 10.4. The summed E-state index contributed by atoms with van der Waals surface area (Å²) in [6.45, 7) is 0. The van der Waals surface area contributed by atoms with Gasteiger partial charge in [-0.25, -0.2) is 4.98 Å². The minimum atomic E-state index is 0.344. The molecule has 0 spiro atoms. The summed E-state index contributed by atoms with van der Waals surface area (Å²) >= 11 is 6.97. The summed E-state index contributed by atoms with van der Waals surface area (Å²) in [5, 5.41) is 1.31. The molecule has 0 bridgehead atoms. The second kappa shape index (κ2) is 4.48. The van der Waals surface area contributed by atoms with Crippen LogP contribution in [-0.4, -0.2) is 14.3 Å². The van der Waals surface area contributed by atoms with E-state index in [0.29, 0.717) is 5.28 Å². The Hall–Kier alpha value is -1.00. The van der Waals surface area contributed by atoms with E-state index in [4.69, 9.17) is 11.6 Å². The number of nitrogens with zero attached hydrogens (tertiary/aromatic N) is 3. The molecule has 2 aromatic rings. The predicted octanol–water partition coefficient (Wildman–Crippen LogP) is 2.37. The first kappa shape index (κ1) is 9.55. The first-order valence-electron chi connectivity index (χ1n) is 4.21. The SMILES string of the molecule is Clc1nsc(CCc2cccnc2)n1. The molecule has 0 radical (unpaired) electrons. The van der Waals surface area contributed by atoms with Crippen LogP contribution >= 0.6 is 23.1 Å². The zero-order valence-electron chi connectivity index (χ0n) is 7.35. The molecule has 0 saturated carbocycles. The summed E-state index contributed by atoms with van der Waals surface area (Å²) in [5.41, 5.74) is 1.21. The van der Waals surface area contributed by atoms with Crippen LogP contribution in [0, 0.1) is 0 Å². The average molecular weight is 226 g/mol. The van der Waals surface area contributed by atoms with Crippen molar-refractivity contribution >= 4 is 23.1 Å². The standard InChI is InChI=1S/C9H8ClN3S/c10-9-12-8(14-13-9)4-3-7-2-1-5-11-6-7/h1-2,5-6H,3-4H2. The maximum atomic E-state index is 5.62. The van der Waals surface area contributed by atoms with Crippen LogP contribution in [0.1, 0.15) is 10.6 Å². The van der Waals surface area contributed by atoms with Crippen molar-refractivity contribution in [2.24, 2.45) is 0 Å². The van der Waals surface area contributed by atoms with Gasteiger partial charge in [-0.15, -0.1) is 0 Å². The Bertz CT molecular complexity index is 401. The fraction of sp³-hybridized carbons (Fsp3) is 0.222. The topological polar surface area (TPSA) is 38.7 Å². The van der Waals surface area contributed by atoms with E-state index >= 15 is 0 Å². The van der Waals surface area contributed by atoms with Crippen LogP contribution in [0.2, 0.25) is 5.28 Å². The molecule has 3 nitrogen and oxygen atoms in total. The Balaban J connectivity index is 1.95. The number of pyridine rings is 1. The van der Waals surface area contributed by atoms with Crippen LogP contribution in [0.25, 0.3) is 0 Å². The molecule has 0 fully saturated rings. The number of halogens is 1. The van der Waals surface area contributed by atoms with Gasteiger partial charge in [-0.1, -0.05) is 6.07 Å². The van der Waals surface area contributed by atoms with Crippen LogP contribution < -0.4 is 0 Å². The summed E-state index contributed by atoms with van der Waals surface area (Å²) < 4.78 is 3.91. The molecular weight excluding hydrogens is 218 g/mol. The lowest BCUT2D eigenvalue weighted by Crippen LogP contribution is -1.90. The van der Waals surface area contributed by atoms with Gasteiger partial charge in [-0.05, 0) is 41.2 Å². The Morgan fingerprint density at radius 3 is 2.93 bits per heavy atom. The second-order valence-electron chi connectivity index (χ2n) is 2.82. The number of hydrogen-bond acceptors (Lipinski definition) is 4. The minimum Gasteiger partial charge on any atom is -0.264 e. The first-order chi connectivity index (χ1) is 6.84. The highest BCUT2D eigenvalue weighted by Gasteiger charge is 2.01. The molecule has 2 heterocycles. The molecule has 0 saturated heterocycles. The third-order valence-corrected chi connectivity index (χ3v) is 2.83. The molecule has 0 aromatic carbocycles. The van der Waals surface area contributed by atoms with Crippen molar-refractivity contribution < 1.29 is 0 Å². The fourth-order valence-corrected chi connectivity index (χ4v) is 1.93. The van der Waals surface area contributed by atoms with Crippen molar-refractivity contribution in [2.75, 3.05) is 0 Å². The number of rotatable bonds is 3. The van der Waals surface area contributed by atoms with Gasteiger partial charge < -0.3 is 0 Å². The van der Waals surface area contributed by atoms with Crippen molar-refractivity contribution in [3.8, 4) is 0 Å². The van der Waals surface area contributed by atoms with Crippen molar-refractivity contribution in [2.45, 2.75) is 12.8 Å². The summed E-state index contributed by atoms with van der Waals surface area (Å²) in [4.78, 5) is 8.12. The Kier molecular flexibility index (Phi) is 3.06. The lowest BCUT2D eigenvalue weighted by molar-refractivity contribution is 0.934. The molecule has 2 rings (SSSR count). The molecule has 14 heavy (non-hydrogen) atoms. The highest BCUT2D eigenvalue weighted by atomic mass is 35.5. The van der Waals surface area contributed by atoms with Crippen LogP contribution in [0.3, 0.4) is 0 Å². The molecule has 0 aliphatic rings. The largest absolute Gasteiger partial charge is 0.264 e. The second-order valence-corrected chi connectivity index (χ2v) is 3.99. The monoisotopic (exact) mass is 225 g/mol.